The normalized spacial score (nSPS) is 17.4. The predicted molar refractivity (Wildman–Crippen MR) is 105 cm³/mol. The van der Waals surface area contributed by atoms with Crippen molar-refractivity contribution >= 4 is 33.9 Å². The van der Waals surface area contributed by atoms with Crippen LogP contribution < -0.4 is 11.1 Å². The molecule has 2 aromatic rings. The molecule has 1 heterocycles. The van der Waals surface area contributed by atoms with Crippen LogP contribution in [-0.4, -0.2) is 17.5 Å². The molecule has 0 atom stereocenters. The molecule has 0 unspecified atom stereocenters. The molecule has 2 aliphatic rings. The fourth-order valence-corrected chi connectivity index (χ4v) is 4.51. The number of fused-ring (bicyclic) bond motifs is 1. The maximum Gasteiger partial charge on any atom is 0.251 e. The number of nitrogens with one attached hydrogen (secondary N) is 1. The lowest BCUT2D eigenvalue weighted by Gasteiger charge is -2.14. The van der Waals surface area contributed by atoms with Crippen molar-refractivity contribution in [3.05, 3.63) is 51.9 Å². The third kappa shape index (κ3) is 4.03. The van der Waals surface area contributed by atoms with Crippen LogP contribution in [0, 0.1) is 5.92 Å². The Labute approximate surface area is 161 Å². The van der Waals surface area contributed by atoms with Gasteiger partial charge in [-0.05, 0) is 36.8 Å². The molecule has 1 fully saturated rings. The Hall–Kier alpha value is -2.67. The Morgan fingerprint density at radius 2 is 2.00 bits per heavy atom. The lowest BCUT2D eigenvalue weighted by Crippen LogP contribution is -2.20. The highest BCUT2D eigenvalue weighted by molar-refractivity contribution is 7.17. The minimum absolute atomic E-state index is 0.0174. The van der Waals surface area contributed by atoms with E-state index in [2.05, 4.69) is 10.5 Å². The van der Waals surface area contributed by atoms with Crippen molar-refractivity contribution in [3.63, 3.8) is 0 Å². The Morgan fingerprint density at radius 3 is 2.70 bits per heavy atom. The van der Waals surface area contributed by atoms with E-state index in [9.17, 15) is 9.59 Å². The third-order valence-electron chi connectivity index (χ3n) is 4.82. The number of carbonyl (C=O) groups is 2. The average Bonchev–Trinajstić information content (AvgIpc) is 3.44. The van der Waals surface area contributed by atoms with Crippen LogP contribution in [0.5, 0.6) is 0 Å². The number of hydrogen-bond acceptors (Lipinski definition) is 5. The van der Waals surface area contributed by atoms with Gasteiger partial charge in [-0.15, -0.1) is 11.3 Å². The molecule has 0 saturated heterocycles. The van der Waals surface area contributed by atoms with Crippen LogP contribution in [-0.2, 0) is 29.1 Å². The zero-order chi connectivity index (χ0) is 18.8. The van der Waals surface area contributed by atoms with Gasteiger partial charge in [-0.3, -0.25) is 9.59 Å². The molecular weight excluding hydrogens is 362 g/mol. The van der Waals surface area contributed by atoms with Gasteiger partial charge in [0.15, 0.2) is 0 Å². The quantitative estimate of drug-likeness (QED) is 0.750. The monoisotopic (exact) mass is 383 g/mol. The van der Waals surface area contributed by atoms with Crippen LogP contribution in [0.2, 0.25) is 0 Å². The van der Waals surface area contributed by atoms with Gasteiger partial charge in [0.1, 0.15) is 11.6 Å². The number of hydrogen-bond donors (Lipinski definition) is 2. The second kappa shape index (κ2) is 7.52. The fraction of sp³-hybridized carbons (Fsp3) is 0.350. The van der Waals surface area contributed by atoms with Gasteiger partial charge in [0, 0.05) is 17.2 Å². The minimum atomic E-state index is -0.487. The molecule has 4 rings (SSSR count). The molecule has 7 heteroatoms. The Balaban J connectivity index is 1.47. The summed E-state index contributed by atoms with van der Waals surface area (Å²) in [6.07, 6.45) is 3.84. The molecule has 6 nitrogen and oxygen atoms in total. The van der Waals surface area contributed by atoms with Crippen molar-refractivity contribution in [2.75, 3.05) is 5.32 Å². The molecule has 1 aromatic carbocycles. The molecule has 2 amide bonds. The number of amides is 2. The van der Waals surface area contributed by atoms with Gasteiger partial charge in [-0.2, -0.15) is 0 Å². The molecule has 0 spiro atoms. The van der Waals surface area contributed by atoms with Crippen molar-refractivity contribution in [1.29, 1.82) is 0 Å². The standard InChI is InChI=1S/C20H21N3O3S/c21-18(24)17-15-9-8-14(23-26-11-12-4-2-1-3-5-12)10-16(15)27-20(17)22-19(25)13-6-7-13/h1-5,13H,6-11H2,(H2,21,24)(H,22,25)/b23-14+. The smallest absolute Gasteiger partial charge is 0.251 e. The van der Waals surface area contributed by atoms with Gasteiger partial charge in [0.05, 0.1) is 11.3 Å². The summed E-state index contributed by atoms with van der Waals surface area (Å²) < 4.78 is 0. The highest BCUT2D eigenvalue weighted by Crippen LogP contribution is 2.39. The second-order valence-electron chi connectivity index (χ2n) is 6.93. The number of carbonyl (C=O) groups excluding carboxylic acids is 2. The van der Waals surface area contributed by atoms with Gasteiger partial charge in [0.25, 0.3) is 5.91 Å². The van der Waals surface area contributed by atoms with E-state index in [4.69, 9.17) is 10.6 Å². The third-order valence-corrected chi connectivity index (χ3v) is 5.97. The number of rotatable bonds is 6. The van der Waals surface area contributed by atoms with Crippen LogP contribution in [0.1, 0.15) is 45.6 Å². The van der Waals surface area contributed by atoms with Crippen LogP contribution in [0.3, 0.4) is 0 Å². The number of anilines is 1. The maximum atomic E-state index is 12.1. The fourth-order valence-electron chi connectivity index (χ4n) is 3.22. The number of oxime groups is 1. The predicted octanol–water partition coefficient (Wildman–Crippen LogP) is 3.26. The summed E-state index contributed by atoms with van der Waals surface area (Å²) in [5.74, 6) is -0.427. The first-order valence-electron chi connectivity index (χ1n) is 9.08. The number of nitrogens with two attached hydrogens (primary N) is 1. The summed E-state index contributed by atoms with van der Waals surface area (Å²) in [4.78, 5) is 30.6. The van der Waals surface area contributed by atoms with Crippen molar-refractivity contribution in [3.8, 4) is 0 Å². The van der Waals surface area contributed by atoms with E-state index in [-0.39, 0.29) is 11.8 Å². The van der Waals surface area contributed by atoms with Gasteiger partial charge in [-0.1, -0.05) is 35.5 Å². The molecule has 1 saturated carbocycles. The minimum Gasteiger partial charge on any atom is -0.391 e. The largest absolute Gasteiger partial charge is 0.391 e. The first-order chi connectivity index (χ1) is 13.1. The molecule has 2 aliphatic carbocycles. The van der Waals surface area contributed by atoms with Gasteiger partial charge in [0.2, 0.25) is 5.91 Å². The Kier molecular flexibility index (Phi) is 4.94. The van der Waals surface area contributed by atoms with Crippen LogP contribution in [0.15, 0.2) is 35.5 Å². The van der Waals surface area contributed by atoms with Crippen molar-refractivity contribution in [1.82, 2.24) is 0 Å². The molecule has 27 heavy (non-hydrogen) atoms. The van der Waals surface area contributed by atoms with E-state index >= 15 is 0 Å². The van der Waals surface area contributed by atoms with E-state index in [1.54, 1.807) is 0 Å². The molecular formula is C20H21N3O3S. The molecule has 0 bridgehead atoms. The van der Waals surface area contributed by atoms with Gasteiger partial charge in [-0.25, -0.2) is 0 Å². The highest BCUT2D eigenvalue weighted by atomic mass is 32.1. The van der Waals surface area contributed by atoms with E-state index < -0.39 is 5.91 Å². The first kappa shape index (κ1) is 17.7. The topological polar surface area (TPSA) is 93.8 Å². The molecule has 3 N–H and O–H groups in total. The highest BCUT2D eigenvalue weighted by Gasteiger charge is 2.32. The van der Waals surface area contributed by atoms with Crippen LogP contribution >= 0.6 is 11.3 Å². The van der Waals surface area contributed by atoms with Crippen LogP contribution in [0.25, 0.3) is 0 Å². The summed E-state index contributed by atoms with van der Waals surface area (Å²) in [5, 5.41) is 7.76. The van der Waals surface area contributed by atoms with E-state index in [0.29, 0.717) is 30.0 Å². The number of thiophene rings is 1. The average molecular weight is 383 g/mol. The van der Waals surface area contributed by atoms with Crippen molar-refractivity contribution < 1.29 is 14.4 Å². The lowest BCUT2D eigenvalue weighted by molar-refractivity contribution is -0.117. The van der Waals surface area contributed by atoms with Crippen LogP contribution in [0.4, 0.5) is 5.00 Å². The number of primary amides is 1. The molecule has 1 aromatic heterocycles. The first-order valence-corrected chi connectivity index (χ1v) is 9.90. The molecule has 140 valence electrons. The summed E-state index contributed by atoms with van der Waals surface area (Å²) in [6, 6.07) is 9.88. The maximum absolute atomic E-state index is 12.1. The second-order valence-corrected chi connectivity index (χ2v) is 8.03. The zero-order valence-corrected chi connectivity index (χ0v) is 15.7. The Bertz CT molecular complexity index is 901. The lowest BCUT2D eigenvalue weighted by atomic mass is 9.94. The Morgan fingerprint density at radius 1 is 1.22 bits per heavy atom. The number of nitrogens with zero attached hydrogens (tertiary/aromatic N) is 1. The summed E-state index contributed by atoms with van der Waals surface area (Å²) in [6.45, 7) is 0.427. The van der Waals surface area contributed by atoms with Gasteiger partial charge < -0.3 is 15.9 Å². The van der Waals surface area contributed by atoms with E-state index in [1.165, 1.54) is 11.3 Å². The van der Waals surface area contributed by atoms with E-state index in [1.807, 2.05) is 30.3 Å². The zero-order valence-electron chi connectivity index (χ0n) is 14.9. The summed E-state index contributed by atoms with van der Waals surface area (Å²) >= 11 is 1.43. The SMILES string of the molecule is NC(=O)c1c(NC(=O)C2CC2)sc2c1CC/C(=N\OCc1ccccc1)C2. The molecule has 0 aliphatic heterocycles. The van der Waals surface area contributed by atoms with E-state index in [0.717, 1.165) is 41.0 Å². The number of benzene rings is 1. The molecule has 0 radical (unpaired) electrons. The summed E-state index contributed by atoms with van der Waals surface area (Å²) in [7, 11) is 0. The summed E-state index contributed by atoms with van der Waals surface area (Å²) in [5.41, 5.74) is 9.01. The van der Waals surface area contributed by atoms with Gasteiger partial charge >= 0.3 is 0 Å². The van der Waals surface area contributed by atoms with Crippen molar-refractivity contribution in [2.24, 2.45) is 16.8 Å². The van der Waals surface area contributed by atoms with Crippen molar-refractivity contribution in [2.45, 2.75) is 38.7 Å².